The monoisotopic (exact) mass is 634 g/mol. The Bertz CT molecular complexity index is 1560. The van der Waals surface area contributed by atoms with E-state index in [1.54, 1.807) is 35.2 Å². The molecule has 0 bridgehead atoms. The largest absolute Gasteiger partial charge is 0.490 e. The minimum atomic E-state index is -5.08. The van der Waals surface area contributed by atoms with E-state index >= 15 is 0 Å². The molecule has 18 heteroatoms. The Morgan fingerprint density at radius 1 is 0.818 bits per heavy atom. The average molecular weight is 634 g/mol. The summed E-state index contributed by atoms with van der Waals surface area (Å²) in [5.74, 6) is -6.37. The first-order valence-electron chi connectivity index (χ1n) is 12.4. The van der Waals surface area contributed by atoms with Crippen molar-refractivity contribution in [2.75, 3.05) is 23.3 Å². The molecular weight excluding hydrogens is 612 g/mol. The number of fused-ring (bicyclic) bond motifs is 1. The molecule has 44 heavy (non-hydrogen) atoms. The van der Waals surface area contributed by atoms with Crippen molar-refractivity contribution in [2.24, 2.45) is 0 Å². The highest BCUT2D eigenvalue weighted by Crippen LogP contribution is 2.30. The smallest absolute Gasteiger partial charge is 0.475 e. The van der Waals surface area contributed by atoms with Crippen molar-refractivity contribution in [1.29, 1.82) is 0 Å². The summed E-state index contributed by atoms with van der Waals surface area (Å²) in [7, 11) is 0. The number of hydrogen-bond donors (Lipinski definition) is 3. The van der Waals surface area contributed by atoms with Crippen LogP contribution in [0.3, 0.4) is 0 Å². The van der Waals surface area contributed by atoms with Crippen LogP contribution < -0.4 is 10.2 Å². The van der Waals surface area contributed by atoms with Crippen LogP contribution in [0, 0.1) is 11.6 Å². The fourth-order valence-corrected chi connectivity index (χ4v) is 3.86. The van der Waals surface area contributed by atoms with Gasteiger partial charge in [0.1, 0.15) is 11.6 Å². The normalized spacial score (nSPS) is 13.3. The Kier molecular flexibility index (Phi) is 10.6. The Morgan fingerprint density at radius 2 is 1.39 bits per heavy atom. The van der Waals surface area contributed by atoms with Crippen LogP contribution in [-0.2, 0) is 9.59 Å². The molecule has 1 fully saturated rings. The first-order chi connectivity index (χ1) is 20.6. The van der Waals surface area contributed by atoms with Gasteiger partial charge in [0.15, 0.2) is 0 Å². The van der Waals surface area contributed by atoms with Crippen molar-refractivity contribution < 1.29 is 54.9 Å². The summed E-state index contributed by atoms with van der Waals surface area (Å²) < 4.78 is 93.5. The molecule has 1 saturated heterocycles. The lowest BCUT2D eigenvalue weighted by molar-refractivity contribution is -0.193. The number of nitrogens with zero attached hydrogens (tertiary/aromatic N) is 5. The van der Waals surface area contributed by atoms with E-state index in [9.17, 15) is 35.1 Å². The molecule has 4 heterocycles. The van der Waals surface area contributed by atoms with E-state index in [1.807, 2.05) is 6.07 Å². The molecule has 1 aliphatic heterocycles. The number of rotatable bonds is 4. The van der Waals surface area contributed by atoms with Crippen molar-refractivity contribution in [2.45, 2.75) is 31.6 Å². The molecular formula is C26H22F8N6O4. The van der Waals surface area contributed by atoms with Crippen LogP contribution in [0.5, 0.6) is 0 Å². The Labute approximate surface area is 242 Å². The summed E-state index contributed by atoms with van der Waals surface area (Å²) in [6.45, 7) is 1.99. The van der Waals surface area contributed by atoms with Crippen molar-refractivity contribution in [3.63, 3.8) is 0 Å². The molecule has 0 atom stereocenters. The average Bonchev–Trinajstić information content (AvgIpc) is 3.35. The van der Waals surface area contributed by atoms with Crippen LogP contribution in [-0.4, -0.2) is 67.2 Å². The fourth-order valence-electron chi connectivity index (χ4n) is 3.86. The molecule has 0 spiro atoms. The van der Waals surface area contributed by atoms with E-state index in [0.29, 0.717) is 11.5 Å². The third-order valence-corrected chi connectivity index (χ3v) is 5.83. The Balaban J connectivity index is 0.000000317. The summed E-state index contributed by atoms with van der Waals surface area (Å²) in [5, 5.41) is 22.0. The van der Waals surface area contributed by atoms with Crippen LogP contribution >= 0.6 is 0 Å². The maximum absolute atomic E-state index is 14.2. The number of halogens is 8. The summed E-state index contributed by atoms with van der Waals surface area (Å²) in [4.78, 5) is 28.8. The lowest BCUT2D eigenvalue weighted by atomic mass is 10.1. The van der Waals surface area contributed by atoms with Crippen LogP contribution in [0.1, 0.15) is 19.3 Å². The predicted molar refractivity (Wildman–Crippen MR) is 139 cm³/mol. The van der Waals surface area contributed by atoms with Crippen LogP contribution in [0.25, 0.3) is 16.8 Å². The first kappa shape index (κ1) is 33.5. The number of alkyl halides is 6. The number of nitrogens with one attached hydrogen (secondary N) is 1. The van der Waals surface area contributed by atoms with Gasteiger partial charge >= 0.3 is 24.3 Å². The molecule has 0 aliphatic carbocycles. The third kappa shape index (κ3) is 8.74. The van der Waals surface area contributed by atoms with Gasteiger partial charge in [-0.1, -0.05) is 6.07 Å². The Morgan fingerprint density at radius 3 is 1.93 bits per heavy atom. The second-order valence-corrected chi connectivity index (χ2v) is 8.91. The SMILES string of the molecule is Fc1cccc(F)c1-c1ccc2cnc(Nc3cnccc3N3CCCCC3)n2n1.O=C(O)C(F)(F)F.O=C(O)C(F)(F)F. The van der Waals surface area contributed by atoms with Gasteiger partial charge in [0.05, 0.1) is 40.5 Å². The second kappa shape index (κ2) is 14.0. The van der Waals surface area contributed by atoms with Gasteiger partial charge in [-0.2, -0.15) is 36.0 Å². The van der Waals surface area contributed by atoms with Gasteiger partial charge in [0.25, 0.3) is 0 Å². The number of anilines is 3. The van der Waals surface area contributed by atoms with Crippen molar-refractivity contribution in [3.8, 4) is 11.3 Å². The number of imidazole rings is 1. The molecule has 0 amide bonds. The zero-order chi connectivity index (χ0) is 32.7. The predicted octanol–water partition coefficient (Wildman–Crippen LogP) is 6.07. The summed E-state index contributed by atoms with van der Waals surface area (Å²) in [6, 6.07) is 9.08. The summed E-state index contributed by atoms with van der Waals surface area (Å²) in [5.41, 5.74) is 2.62. The van der Waals surface area contributed by atoms with Gasteiger partial charge in [-0.3, -0.25) is 4.98 Å². The first-order valence-corrected chi connectivity index (χ1v) is 12.4. The molecule has 236 valence electrons. The lowest BCUT2D eigenvalue weighted by Crippen LogP contribution is -2.30. The molecule has 0 saturated carbocycles. The van der Waals surface area contributed by atoms with Gasteiger partial charge in [-0.05, 0) is 49.6 Å². The van der Waals surface area contributed by atoms with E-state index < -0.39 is 35.9 Å². The minimum absolute atomic E-state index is 0.158. The highest BCUT2D eigenvalue weighted by molar-refractivity contribution is 5.74. The topological polar surface area (TPSA) is 133 Å². The molecule has 4 aromatic rings. The zero-order valence-corrected chi connectivity index (χ0v) is 22.2. The number of benzene rings is 1. The van der Waals surface area contributed by atoms with Crippen LogP contribution in [0.4, 0.5) is 52.4 Å². The number of hydrogen-bond acceptors (Lipinski definition) is 7. The number of carboxylic acid groups (broad SMARTS) is 2. The van der Waals surface area contributed by atoms with Crippen molar-refractivity contribution in [1.82, 2.24) is 19.6 Å². The quantitative estimate of drug-likeness (QED) is 0.229. The van der Waals surface area contributed by atoms with Gasteiger partial charge < -0.3 is 20.4 Å². The number of piperidine rings is 1. The summed E-state index contributed by atoms with van der Waals surface area (Å²) >= 11 is 0. The van der Waals surface area contributed by atoms with E-state index in [4.69, 9.17) is 19.8 Å². The fraction of sp³-hybridized carbons (Fsp3) is 0.269. The van der Waals surface area contributed by atoms with Gasteiger partial charge in [0, 0.05) is 19.3 Å². The molecule has 0 radical (unpaired) electrons. The standard InChI is InChI=1S/C22H20F2N6.2C2HF3O2/c23-16-5-4-6-17(24)21(16)18-8-7-15-13-26-22(30(15)28-18)27-19-14-25-10-9-20(19)29-11-2-1-3-12-29;2*3-2(4,5)1(6)7/h4-10,13-14H,1-3,11-12H2,(H,26,27);2*(H,6,7). The van der Waals surface area contributed by atoms with E-state index in [-0.39, 0.29) is 11.3 Å². The minimum Gasteiger partial charge on any atom is -0.475 e. The van der Waals surface area contributed by atoms with Crippen molar-refractivity contribution in [3.05, 3.63) is 66.6 Å². The second-order valence-electron chi connectivity index (χ2n) is 8.91. The highest BCUT2D eigenvalue weighted by atomic mass is 19.4. The van der Waals surface area contributed by atoms with E-state index in [0.717, 1.165) is 37.3 Å². The molecule has 10 nitrogen and oxygen atoms in total. The number of pyridine rings is 1. The van der Waals surface area contributed by atoms with Crippen LogP contribution in [0.2, 0.25) is 0 Å². The molecule has 3 N–H and O–H groups in total. The molecule has 1 aliphatic rings. The highest BCUT2D eigenvalue weighted by Gasteiger charge is 2.38. The van der Waals surface area contributed by atoms with E-state index in [2.05, 4.69) is 25.3 Å². The maximum atomic E-state index is 14.2. The van der Waals surface area contributed by atoms with Gasteiger partial charge in [-0.25, -0.2) is 23.4 Å². The molecule has 3 aromatic heterocycles. The summed E-state index contributed by atoms with van der Waals surface area (Å²) in [6.07, 6.45) is -1.41. The van der Waals surface area contributed by atoms with Gasteiger partial charge in [-0.15, -0.1) is 0 Å². The lowest BCUT2D eigenvalue weighted by Gasteiger charge is -2.30. The third-order valence-electron chi connectivity index (χ3n) is 5.83. The zero-order valence-electron chi connectivity index (χ0n) is 22.2. The van der Waals surface area contributed by atoms with Crippen LogP contribution in [0.15, 0.2) is 55.0 Å². The molecule has 1 aromatic carbocycles. The van der Waals surface area contributed by atoms with Crippen molar-refractivity contribution >= 4 is 34.8 Å². The van der Waals surface area contributed by atoms with Gasteiger partial charge in [0.2, 0.25) is 5.95 Å². The number of carbonyl (C=O) groups is 2. The molecule has 5 rings (SSSR count). The van der Waals surface area contributed by atoms with E-state index in [1.165, 1.54) is 24.6 Å². The number of aliphatic carboxylic acids is 2. The number of aromatic nitrogens is 4. The number of carboxylic acids is 2. The maximum Gasteiger partial charge on any atom is 0.490 e. The Hall–Kier alpha value is -5.03. The molecule has 0 unspecified atom stereocenters.